The highest BCUT2D eigenvalue weighted by Crippen LogP contribution is 2.47. The molecule has 0 saturated carbocycles. The van der Waals surface area contributed by atoms with E-state index in [4.69, 9.17) is 0 Å². The molecule has 2 heterocycles. The fourth-order valence-electron chi connectivity index (χ4n) is 12.2. The molecule has 0 unspecified atom stereocenters. The molecule has 24 nitrogen and oxygen atoms in total. The summed E-state index contributed by atoms with van der Waals surface area (Å²) in [7, 11) is 0. The van der Waals surface area contributed by atoms with Crippen LogP contribution in [0.2, 0.25) is 0 Å². The van der Waals surface area contributed by atoms with E-state index in [1.54, 1.807) is 48.5 Å². The molecule has 5 aromatic rings. The van der Waals surface area contributed by atoms with Crippen molar-refractivity contribution in [2.75, 3.05) is 0 Å². The highest BCUT2D eigenvalue weighted by atomic mass is 16.4. The Balaban J connectivity index is 0.998. The number of Topliss-reactive ketones (excluding diaryl/α,β-unsaturated/α-hetero) is 2. The van der Waals surface area contributed by atoms with Crippen molar-refractivity contribution in [2.24, 2.45) is 0 Å². The number of carboxylic acid groups (broad SMARTS) is 6. The topological polar surface area (TPSA) is 391 Å². The van der Waals surface area contributed by atoms with Gasteiger partial charge in [-0.25, -0.2) is 0 Å². The summed E-state index contributed by atoms with van der Waals surface area (Å²) in [5.41, 5.74) is -2.08. The van der Waals surface area contributed by atoms with E-state index < -0.39 is 145 Å². The maximum absolute atomic E-state index is 14.4. The predicted octanol–water partition coefficient (Wildman–Crippen LogP) is 7.64. The minimum Gasteiger partial charge on any atom is -0.481 e. The molecule has 0 radical (unpaired) electrons. The third-order valence-corrected chi connectivity index (χ3v) is 16.8. The third kappa shape index (κ3) is 14.3. The lowest BCUT2D eigenvalue weighted by Crippen LogP contribution is -2.49. The Morgan fingerprint density at radius 1 is 0.349 bits per heavy atom. The molecule has 0 aliphatic carbocycles. The number of ketones is 2. The third-order valence-electron chi connectivity index (χ3n) is 16.8. The molecule has 24 heteroatoms. The first-order chi connectivity index (χ1) is 40.7. The summed E-state index contributed by atoms with van der Waals surface area (Å²) in [6, 6.07) is 10.8. The number of amides is 6. The summed E-state index contributed by atoms with van der Waals surface area (Å²) in [4.78, 5) is 181. The standard InChI is InChI=1S/C62H68N4O20/c1-33(43(67)9-5-3-7-11-45(69)63-61(27-21-47(71)72,28-22-48(73)74)29-23-49(75)76)65-57(83)39-17-13-35-37-15-19-41-56-42(20-16-38(54(37)56)36-14-18-40(58(65)84)55(39)53(35)36)60(86)66(59(41)85)34(2)44(68)10-6-4-8-12-46(70)64-62(30-24-50(77)78,31-25-51(79)80)32-26-52(81)82/h13-20,33-34H,3-12,21-32H2,1-2H3,(H,63,69)(H,64,70)(H,71,72)(H,73,74)(H,75,76)(H,77,78)(H,79,80)(H,81,82)/t33-,34-/m1/s1. The first kappa shape index (κ1) is 64.3. The summed E-state index contributed by atoms with van der Waals surface area (Å²) < 4.78 is 0. The molecule has 0 bridgehead atoms. The predicted molar refractivity (Wildman–Crippen MR) is 307 cm³/mol. The highest BCUT2D eigenvalue weighted by molar-refractivity contribution is 6.41. The molecule has 2 aliphatic rings. The second kappa shape index (κ2) is 27.2. The maximum atomic E-state index is 14.4. The number of rotatable bonds is 36. The zero-order valence-corrected chi connectivity index (χ0v) is 47.6. The molecule has 7 rings (SSSR count). The summed E-state index contributed by atoms with van der Waals surface area (Å²) >= 11 is 0. The van der Waals surface area contributed by atoms with Crippen molar-refractivity contribution in [1.29, 1.82) is 0 Å². The normalized spacial score (nSPS) is 14.0. The Kier molecular flexibility index (Phi) is 20.4. The molecule has 2 aliphatic heterocycles. The van der Waals surface area contributed by atoms with E-state index in [0.29, 0.717) is 55.9 Å². The number of nitrogens with zero attached hydrogens (tertiary/aromatic N) is 2. The number of nitrogens with one attached hydrogen (secondary N) is 2. The van der Waals surface area contributed by atoms with E-state index in [-0.39, 0.29) is 112 Å². The number of carboxylic acids is 6. The summed E-state index contributed by atoms with van der Waals surface area (Å²) in [5, 5.41) is 65.6. The number of hydrogen-bond donors (Lipinski definition) is 8. The SMILES string of the molecule is C[C@H](C(=O)CCCCCC(=O)NC(CCC(=O)O)(CCC(=O)O)CCC(=O)O)N1C(=O)c2ccc3c4ccc5c6c(ccc(c7ccc(c2c37)C1=O)c64)C(=O)N([C@H](C)C(=O)CCCCCC(=O)NC(CCC(=O)O)(CCC(=O)O)CCC(=O)O)C5=O. The quantitative estimate of drug-likeness (QED) is 0.00826. The van der Waals surface area contributed by atoms with E-state index >= 15 is 0 Å². The number of carbonyl (C=O) groups is 14. The fourth-order valence-corrected chi connectivity index (χ4v) is 12.2. The van der Waals surface area contributed by atoms with Gasteiger partial charge in [-0.1, -0.05) is 37.1 Å². The van der Waals surface area contributed by atoms with E-state index in [1.165, 1.54) is 13.8 Å². The molecule has 456 valence electrons. The van der Waals surface area contributed by atoms with Crippen LogP contribution >= 0.6 is 0 Å². The van der Waals surface area contributed by atoms with Crippen molar-refractivity contribution in [3.8, 4) is 0 Å². The van der Waals surface area contributed by atoms with Gasteiger partial charge in [-0.3, -0.25) is 76.9 Å². The van der Waals surface area contributed by atoms with Gasteiger partial charge in [-0.15, -0.1) is 0 Å². The van der Waals surface area contributed by atoms with Crippen molar-refractivity contribution in [3.63, 3.8) is 0 Å². The van der Waals surface area contributed by atoms with Gasteiger partial charge in [-0.05, 0) is 135 Å². The lowest BCUT2D eigenvalue weighted by molar-refractivity contribution is -0.141. The number of aliphatic carboxylic acids is 6. The van der Waals surface area contributed by atoms with Crippen LogP contribution in [0.25, 0.3) is 43.1 Å². The van der Waals surface area contributed by atoms with Crippen LogP contribution in [0.15, 0.2) is 48.5 Å². The molecular weight excluding hydrogens is 1120 g/mol. The van der Waals surface area contributed by atoms with Crippen molar-refractivity contribution in [1.82, 2.24) is 20.4 Å². The Labute approximate surface area is 491 Å². The molecule has 5 aromatic carbocycles. The molecule has 86 heavy (non-hydrogen) atoms. The van der Waals surface area contributed by atoms with Crippen LogP contribution in [-0.2, 0) is 47.9 Å². The lowest BCUT2D eigenvalue weighted by Gasteiger charge is -2.34. The van der Waals surface area contributed by atoms with Crippen molar-refractivity contribution in [3.05, 3.63) is 70.8 Å². The number of imide groups is 2. The number of fused-ring (bicyclic) bond motifs is 2. The lowest BCUT2D eigenvalue weighted by atomic mass is 9.82. The van der Waals surface area contributed by atoms with Crippen LogP contribution in [0.3, 0.4) is 0 Å². The molecule has 8 N–H and O–H groups in total. The van der Waals surface area contributed by atoms with Crippen molar-refractivity contribution < 1.29 is 97.8 Å². The zero-order chi connectivity index (χ0) is 62.9. The summed E-state index contributed by atoms with van der Waals surface area (Å²) in [6.07, 6.45) is -2.23. The van der Waals surface area contributed by atoms with Gasteiger partial charge in [0.05, 0.1) is 12.1 Å². The Morgan fingerprint density at radius 3 is 0.814 bits per heavy atom. The zero-order valence-electron chi connectivity index (χ0n) is 47.6. The van der Waals surface area contributed by atoms with Gasteiger partial charge in [0, 0.05) is 108 Å². The van der Waals surface area contributed by atoms with Crippen LogP contribution in [0.4, 0.5) is 0 Å². The van der Waals surface area contributed by atoms with Crippen LogP contribution in [0.1, 0.15) is 197 Å². The van der Waals surface area contributed by atoms with Crippen LogP contribution in [-0.4, -0.2) is 146 Å². The molecule has 0 saturated heterocycles. The maximum Gasteiger partial charge on any atom is 0.303 e. The second-order valence-corrected chi connectivity index (χ2v) is 22.5. The number of benzene rings is 5. The van der Waals surface area contributed by atoms with Gasteiger partial charge in [0.1, 0.15) is 0 Å². The van der Waals surface area contributed by atoms with Crippen LogP contribution in [0.5, 0.6) is 0 Å². The van der Waals surface area contributed by atoms with Gasteiger partial charge >= 0.3 is 35.8 Å². The summed E-state index contributed by atoms with van der Waals surface area (Å²) in [6.45, 7) is 2.92. The van der Waals surface area contributed by atoms with E-state index in [1.807, 2.05) is 0 Å². The molecule has 0 spiro atoms. The smallest absolute Gasteiger partial charge is 0.303 e. The Morgan fingerprint density at radius 2 is 0.581 bits per heavy atom. The van der Waals surface area contributed by atoms with Crippen molar-refractivity contribution >= 4 is 126 Å². The van der Waals surface area contributed by atoms with E-state index in [9.17, 15) is 97.8 Å². The first-order valence-electron chi connectivity index (χ1n) is 28.6. The van der Waals surface area contributed by atoms with Gasteiger partial charge in [-0.2, -0.15) is 0 Å². The van der Waals surface area contributed by atoms with Gasteiger partial charge in [0.25, 0.3) is 23.6 Å². The number of unbranched alkanes of at least 4 members (excludes halogenated alkanes) is 4. The molecule has 6 amide bonds. The molecule has 0 fully saturated rings. The first-order valence-corrected chi connectivity index (χ1v) is 28.6. The fraction of sp³-hybridized carbons (Fsp3) is 0.452. The van der Waals surface area contributed by atoms with Gasteiger partial charge in [0.15, 0.2) is 11.6 Å². The Bertz CT molecular complexity index is 3180. The number of carbonyl (C=O) groups excluding carboxylic acids is 8. The van der Waals surface area contributed by atoms with Crippen LogP contribution in [0, 0.1) is 0 Å². The Hall–Kier alpha value is -9.22. The molecular formula is C62H68N4O20. The second-order valence-electron chi connectivity index (χ2n) is 22.5. The average Bonchev–Trinajstić information content (AvgIpc) is 0.703. The highest BCUT2D eigenvalue weighted by Gasteiger charge is 2.42. The largest absolute Gasteiger partial charge is 0.481 e. The van der Waals surface area contributed by atoms with E-state index in [2.05, 4.69) is 10.6 Å². The average molecular weight is 1190 g/mol. The van der Waals surface area contributed by atoms with E-state index in [0.717, 1.165) is 9.80 Å². The molecule has 2 atom stereocenters. The van der Waals surface area contributed by atoms with Crippen LogP contribution < -0.4 is 10.6 Å². The van der Waals surface area contributed by atoms with Crippen molar-refractivity contribution in [2.45, 2.75) is 178 Å². The molecule has 0 aromatic heterocycles. The minimum atomic E-state index is -1.39. The number of hydrogen-bond acceptors (Lipinski definition) is 14. The summed E-state index contributed by atoms with van der Waals surface area (Å²) in [5.74, 6) is -11.9. The van der Waals surface area contributed by atoms with Gasteiger partial charge in [0.2, 0.25) is 11.8 Å². The minimum absolute atomic E-state index is 0.0589. The monoisotopic (exact) mass is 1190 g/mol. The van der Waals surface area contributed by atoms with Gasteiger partial charge < -0.3 is 41.3 Å².